The molecule has 0 bridgehead atoms. The van der Waals surface area contributed by atoms with Crippen LogP contribution in [-0.2, 0) is 4.79 Å². The minimum Gasteiger partial charge on any atom is -0.356 e. The predicted molar refractivity (Wildman–Crippen MR) is 92.2 cm³/mol. The molecule has 0 radical (unpaired) electrons. The van der Waals surface area contributed by atoms with Gasteiger partial charge in [-0.05, 0) is 43.1 Å². The molecule has 21 heavy (non-hydrogen) atoms. The van der Waals surface area contributed by atoms with Gasteiger partial charge in [-0.25, -0.2) is 0 Å². The molecule has 0 aromatic rings. The first-order valence-electron chi connectivity index (χ1n) is 8.79. The van der Waals surface area contributed by atoms with Crippen molar-refractivity contribution in [3.63, 3.8) is 0 Å². The molecule has 0 aromatic carbocycles. The minimum absolute atomic E-state index is 0.196. The quantitative estimate of drug-likeness (QED) is 0.533. The summed E-state index contributed by atoms with van der Waals surface area (Å²) in [6.45, 7) is 12.7. The summed E-state index contributed by atoms with van der Waals surface area (Å²) in [4.78, 5) is 12.0. The van der Waals surface area contributed by atoms with Gasteiger partial charge in [0.2, 0.25) is 5.91 Å². The van der Waals surface area contributed by atoms with Gasteiger partial charge < -0.3 is 11.1 Å². The fourth-order valence-corrected chi connectivity index (χ4v) is 2.71. The maximum atomic E-state index is 12.0. The molecular weight excluding hydrogens is 260 g/mol. The van der Waals surface area contributed by atoms with Crippen molar-refractivity contribution in [2.75, 3.05) is 13.1 Å². The summed E-state index contributed by atoms with van der Waals surface area (Å²) in [6.07, 6.45) is 7.58. The molecule has 1 unspecified atom stereocenters. The lowest BCUT2D eigenvalue weighted by Gasteiger charge is -2.25. The number of carbonyl (C=O) groups excluding carboxylic acids is 1. The molecule has 0 fully saturated rings. The molecule has 3 heteroatoms. The third kappa shape index (κ3) is 10.8. The lowest BCUT2D eigenvalue weighted by atomic mass is 9.86. The highest BCUT2D eigenvalue weighted by molar-refractivity contribution is 5.75. The van der Waals surface area contributed by atoms with Gasteiger partial charge in [-0.2, -0.15) is 0 Å². The van der Waals surface area contributed by atoms with Gasteiger partial charge in [-0.15, -0.1) is 0 Å². The highest BCUT2D eigenvalue weighted by Gasteiger charge is 2.19. The van der Waals surface area contributed by atoms with Crippen LogP contribution in [0.3, 0.4) is 0 Å². The average Bonchev–Trinajstić information content (AvgIpc) is 2.41. The predicted octanol–water partition coefficient (Wildman–Crippen LogP) is 4.11. The molecule has 0 rings (SSSR count). The van der Waals surface area contributed by atoms with E-state index in [2.05, 4.69) is 39.9 Å². The number of nitrogens with one attached hydrogen (secondary N) is 1. The second kappa shape index (κ2) is 11.1. The van der Waals surface area contributed by atoms with Gasteiger partial charge in [0, 0.05) is 13.0 Å². The van der Waals surface area contributed by atoms with Gasteiger partial charge in [0.25, 0.3) is 0 Å². The zero-order valence-electron chi connectivity index (χ0n) is 15.0. The Morgan fingerprint density at radius 3 is 2.38 bits per heavy atom. The first kappa shape index (κ1) is 20.4. The normalized spacial score (nSPS) is 13.5. The maximum Gasteiger partial charge on any atom is 0.220 e. The Morgan fingerprint density at radius 1 is 1.19 bits per heavy atom. The Balaban J connectivity index is 3.97. The van der Waals surface area contributed by atoms with Crippen LogP contribution in [0.5, 0.6) is 0 Å². The van der Waals surface area contributed by atoms with Gasteiger partial charge in [0.05, 0.1) is 0 Å². The van der Waals surface area contributed by atoms with E-state index in [1.807, 2.05) is 0 Å². The third-order valence-corrected chi connectivity index (χ3v) is 4.44. The van der Waals surface area contributed by atoms with Crippen LogP contribution in [0.25, 0.3) is 0 Å². The van der Waals surface area contributed by atoms with Crippen molar-refractivity contribution in [3.8, 4) is 0 Å². The van der Waals surface area contributed by atoms with Crippen molar-refractivity contribution in [2.24, 2.45) is 23.0 Å². The van der Waals surface area contributed by atoms with E-state index in [4.69, 9.17) is 5.73 Å². The first-order chi connectivity index (χ1) is 9.82. The van der Waals surface area contributed by atoms with Crippen LogP contribution < -0.4 is 11.1 Å². The minimum atomic E-state index is 0.196. The van der Waals surface area contributed by atoms with Gasteiger partial charge in [0.15, 0.2) is 0 Å². The molecule has 0 aliphatic carbocycles. The van der Waals surface area contributed by atoms with E-state index in [1.54, 1.807) is 0 Å². The van der Waals surface area contributed by atoms with Crippen LogP contribution in [0.1, 0.15) is 79.6 Å². The summed E-state index contributed by atoms with van der Waals surface area (Å²) in [5, 5.41) is 3.12. The van der Waals surface area contributed by atoms with Crippen LogP contribution in [0.15, 0.2) is 0 Å². The molecule has 0 aliphatic rings. The average molecular weight is 299 g/mol. The van der Waals surface area contributed by atoms with Gasteiger partial charge in [-0.1, -0.05) is 53.9 Å². The van der Waals surface area contributed by atoms with Gasteiger partial charge in [0.1, 0.15) is 0 Å². The third-order valence-electron chi connectivity index (χ3n) is 4.44. The standard InChI is InChI=1S/C18H38N2O/c1-6-7-8-12-18(4,5)14-20-17(21)10-9-16(11-13-19)15(2)3/h15-16H,6-14,19H2,1-5H3,(H,20,21). The molecule has 126 valence electrons. The number of amides is 1. The molecule has 0 spiro atoms. The molecule has 0 aromatic heterocycles. The maximum absolute atomic E-state index is 12.0. The molecular formula is C18H38N2O. The van der Waals surface area contributed by atoms with Crippen molar-refractivity contribution in [3.05, 3.63) is 0 Å². The molecule has 3 nitrogen and oxygen atoms in total. The second-order valence-corrected chi connectivity index (χ2v) is 7.52. The zero-order valence-corrected chi connectivity index (χ0v) is 15.0. The summed E-state index contributed by atoms with van der Waals surface area (Å²) >= 11 is 0. The molecule has 1 amide bonds. The SMILES string of the molecule is CCCCCC(C)(C)CNC(=O)CCC(CCN)C(C)C. The van der Waals surface area contributed by atoms with Crippen LogP contribution in [0.4, 0.5) is 0 Å². The van der Waals surface area contributed by atoms with Crippen molar-refractivity contribution >= 4 is 5.91 Å². The van der Waals surface area contributed by atoms with E-state index >= 15 is 0 Å². The Kier molecular flexibility index (Phi) is 10.8. The van der Waals surface area contributed by atoms with Crippen molar-refractivity contribution in [1.82, 2.24) is 5.32 Å². The summed E-state index contributed by atoms with van der Waals surface area (Å²) in [5.74, 6) is 1.37. The van der Waals surface area contributed by atoms with Crippen molar-refractivity contribution in [1.29, 1.82) is 0 Å². The van der Waals surface area contributed by atoms with Crippen LogP contribution >= 0.6 is 0 Å². The summed E-state index contributed by atoms with van der Waals surface area (Å²) in [6, 6.07) is 0. The topological polar surface area (TPSA) is 55.1 Å². The largest absolute Gasteiger partial charge is 0.356 e. The summed E-state index contributed by atoms with van der Waals surface area (Å²) < 4.78 is 0. The van der Waals surface area contributed by atoms with Gasteiger partial charge >= 0.3 is 0 Å². The Hall–Kier alpha value is -0.570. The molecule has 0 aliphatic heterocycles. The van der Waals surface area contributed by atoms with Crippen LogP contribution in [0, 0.1) is 17.3 Å². The number of unbranched alkanes of at least 4 members (excludes halogenated alkanes) is 2. The van der Waals surface area contributed by atoms with Crippen LogP contribution in [0.2, 0.25) is 0 Å². The van der Waals surface area contributed by atoms with E-state index in [0.29, 0.717) is 18.3 Å². The summed E-state index contributed by atoms with van der Waals surface area (Å²) in [5.41, 5.74) is 5.85. The number of hydrogen-bond acceptors (Lipinski definition) is 2. The van der Waals surface area contributed by atoms with Gasteiger partial charge in [-0.3, -0.25) is 4.79 Å². The molecule has 0 saturated heterocycles. The molecule has 3 N–H and O–H groups in total. The number of carbonyl (C=O) groups is 1. The van der Waals surface area contributed by atoms with Crippen molar-refractivity contribution in [2.45, 2.75) is 79.6 Å². The van der Waals surface area contributed by atoms with Crippen LogP contribution in [-0.4, -0.2) is 19.0 Å². The number of hydrogen-bond donors (Lipinski definition) is 2. The smallest absolute Gasteiger partial charge is 0.220 e. The van der Waals surface area contributed by atoms with Crippen molar-refractivity contribution < 1.29 is 4.79 Å². The number of nitrogens with two attached hydrogens (primary N) is 1. The lowest BCUT2D eigenvalue weighted by molar-refractivity contribution is -0.121. The van der Waals surface area contributed by atoms with E-state index in [-0.39, 0.29) is 11.3 Å². The fourth-order valence-electron chi connectivity index (χ4n) is 2.71. The van der Waals surface area contributed by atoms with E-state index in [9.17, 15) is 4.79 Å². The van der Waals surface area contributed by atoms with E-state index in [0.717, 1.165) is 25.9 Å². The molecule has 1 atom stereocenters. The highest BCUT2D eigenvalue weighted by atomic mass is 16.1. The molecule has 0 heterocycles. The van der Waals surface area contributed by atoms with E-state index < -0.39 is 0 Å². The Labute approximate surface area is 132 Å². The van der Waals surface area contributed by atoms with E-state index in [1.165, 1.54) is 25.7 Å². The highest BCUT2D eigenvalue weighted by Crippen LogP contribution is 2.23. The zero-order chi connectivity index (χ0) is 16.3. The second-order valence-electron chi connectivity index (χ2n) is 7.52. The lowest BCUT2D eigenvalue weighted by Crippen LogP contribution is -2.34. The number of rotatable bonds is 12. The summed E-state index contributed by atoms with van der Waals surface area (Å²) in [7, 11) is 0. The monoisotopic (exact) mass is 298 g/mol. The fraction of sp³-hybridized carbons (Fsp3) is 0.944. The molecule has 0 saturated carbocycles. The first-order valence-corrected chi connectivity index (χ1v) is 8.79. The Bertz CT molecular complexity index is 274. The Morgan fingerprint density at radius 2 is 1.86 bits per heavy atom.